The zero-order valence-electron chi connectivity index (χ0n) is 12.3. The summed E-state index contributed by atoms with van der Waals surface area (Å²) in [5, 5.41) is 0. The fourth-order valence-corrected chi connectivity index (χ4v) is 3.80. The molecular weight excluding hydrogens is 264 g/mol. The van der Waals surface area contributed by atoms with Crippen molar-refractivity contribution in [3.05, 3.63) is 35.9 Å². The second-order valence-corrected chi connectivity index (χ2v) is 6.22. The van der Waals surface area contributed by atoms with Crippen molar-refractivity contribution in [3.63, 3.8) is 0 Å². The Balaban J connectivity index is 1.90. The summed E-state index contributed by atoms with van der Waals surface area (Å²) in [6.07, 6.45) is 5.24. The molecule has 2 aliphatic rings. The molecule has 1 aliphatic carbocycles. The third-order valence-corrected chi connectivity index (χ3v) is 4.99. The van der Waals surface area contributed by atoms with Gasteiger partial charge in [0.15, 0.2) is 0 Å². The van der Waals surface area contributed by atoms with Crippen LogP contribution in [0.25, 0.3) is 0 Å². The van der Waals surface area contributed by atoms with Gasteiger partial charge in [-0.25, -0.2) is 0 Å². The number of rotatable bonds is 3. The first kappa shape index (κ1) is 14.3. The molecule has 4 nitrogen and oxygen atoms in total. The van der Waals surface area contributed by atoms with Crippen molar-refractivity contribution in [1.29, 1.82) is 0 Å². The Hall–Kier alpha value is -1.68. The minimum Gasteiger partial charge on any atom is -0.328 e. The van der Waals surface area contributed by atoms with Gasteiger partial charge in [0, 0.05) is 13.0 Å². The third kappa shape index (κ3) is 2.38. The van der Waals surface area contributed by atoms with Crippen molar-refractivity contribution >= 4 is 11.8 Å². The second-order valence-electron chi connectivity index (χ2n) is 6.22. The highest BCUT2D eigenvalue weighted by atomic mass is 16.2. The lowest BCUT2D eigenvalue weighted by molar-refractivity contribution is -0.147. The van der Waals surface area contributed by atoms with Crippen molar-refractivity contribution in [3.8, 4) is 0 Å². The number of nitrogens with two attached hydrogens (primary N) is 1. The van der Waals surface area contributed by atoms with E-state index in [2.05, 4.69) is 0 Å². The number of carbonyl (C=O) groups is 2. The maximum absolute atomic E-state index is 12.8. The van der Waals surface area contributed by atoms with Gasteiger partial charge in [-0.2, -0.15) is 0 Å². The quantitative estimate of drug-likeness (QED) is 0.866. The van der Waals surface area contributed by atoms with Crippen molar-refractivity contribution in [1.82, 2.24) is 4.90 Å². The molecule has 2 amide bonds. The van der Waals surface area contributed by atoms with E-state index in [4.69, 9.17) is 5.73 Å². The molecular formula is C17H22N2O2. The van der Waals surface area contributed by atoms with E-state index in [1.54, 1.807) is 0 Å². The lowest BCUT2D eigenvalue weighted by Gasteiger charge is -2.42. The molecule has 0 aromatic heterocycles. The van der Waals surface area contributed by atoms with E-state index in [9.17, 15) is 9.59 Å². The number of hydrogen-bond acceptors (Lipinski definition) is 3. The summed E-state index contributed by atoms with van der Waals surface area (Å²) in [4.78, 5) is 26.8. The van der Waals surface area contributed by atoms with Crippen LogP contribution in [0.3, 0.4) is 0 Å². The van der Waals surface area contributed by atoms with Gasteiger partial charge >= 0.3 is 0 Å². The van der Waals surface area contributed by atoms with Gasteiger partial charge in [-0.1, -0.05) is 49.6 Å². The number of amides is 2. The van der Waals surface area contributed by atoms with Gasteiger partial charge < -0.3 is 5.73 Å². The summed E-state index contributed by atoms with van der Waals surface area (Å²) in [7, 11) is 0. The summed E-state index contributed by atoms with van der Waals surface area (Å²) >= 11 is 0. The first-order valence-electron chi connectivity index (χ1n) is 7.80. The predicted octanol–water partition coefficient (Wildman–Crippen LogP) is 2.19. The highest BCUT2D eigenvalue weighted by molar-refractivity contribution is 6.07. The monoisotopic (exact) mass is 286 g/mol. The second kappa shape index (κ2) is 5.60. The third-order valence-electron chi connectivity index (χ3n) is 4.99. The van der Waals surface area contributed by atoms with Gasteiger partial charge in [0.1, 0.15) is 0 Å². The summed E-state index contributed by atoms with van der Waals surface area (Å²) in [6.45, 7) is 0.381. The van der Waals surface area contributed by atoms with Crippen LogP contribution in [-0.4, -0.2) is 28.8 Å². The van der Waals surface area contributed by atoms with E-state index in [1.807, 2.05) is 30.3 Å². The fraction of sp³-hybridized carbons (Fsp3) is 0.529. The Bertz CT molecular complexity index is 535. The molecule has 0 bridgehead atoms. The molecule has 112 valence electrons. The van der Waals surface area contributed by atoms with Crippen LogP contribution in [0.1, 0.15) is 50.0 Å². The lowest BCUT2D eigenvalue weighted by atomic mass is 9.80. The Kier molecular flexibility index (Phi) is 3.81. The number of hydrogen-bond donors (Lipinski definition) is 1. The van der Waals surface area contributed by atoms with E-state index >= 15 is 0 Å². The largest absolute Gasteiger partial charge is 0.328 e. The molecule has 2 fully saturated rings. The molecule has 0 radical (unpaired) electrons. The minimum atomic E-state index is -0.435. The Morgan fingerprint density at radius 1 is 1.10 bits per heavy atom. The number of likely N-dealkylation sites (tertiary alicyclic amines) is 1. The molecule has 1 aromatic carbocycles. The molecule has 0 spiro atoms. The summed E-state index contributed by atoms with van der Waals surface area (Å²) in [5.41, 5.74) is 6.48. The standard InChI is InChI=1S/C17H22N2O2/c18-12-17(9-5-2-6-10-17)19-15(20)11-14(16(19)21)13-7-3-1-4-8-13/h1,3-4,7-8,14H,2,5-6,9-12,18H2. The first-order valence-corrected chi connectivity index (χ1v) is 7.80. The van der Waals surface area contributed by atoms with E-state index < -0.39 is 5.54 Å². The molecule has 1 saturated carbocycles. The van der Waals surface area contributed by atoms with Gasteiger partial charge in [-0.15, -0.1) is 0 Å². The summed E-state index contributed by atoms with van der Waals surface area (Å²) < 4.78 is 0. The SMILES string of the molecule is NCC1(N2C(=O)CC(c3ccccc3)C2=O)CCCCC1. The molecule has 1 unspecified atom stereocenters. The van der Waals surface area contributed by atoms with Crippen LogP contribution in [-0.2, 0) is 9.59 Å². The molecule has 3 rings (SSSR count). The van der Waals surface area contributed by atoms with Gasteiger partial charge in [-0.3, -0.25) is 14.5 Å². The molecule has 1 atom stereocenters. The van der Waals surface area contributed by atoms with Crippen LogP contribution in [0, 0.1) is 0 Å². The Morgan fingerprint density at radius 2 is 1.76 bits per heavy atom. The molecule has 1 aliphatic heterocycles. The summed E-state index contributed by atoms with van der Waals surface area (Å²) in [5.74, 6) is -0.441. The van der Waals surface area contributed by atoms with Gasteiger partial charge in [-0.05, 0) is 18.4 Å². The zero-order valence-corrected chi connectivity index (χ0v) is 12.3. The Morgan fingerprint density at radius 3 is 2.38 bits per heavy atom. The molecule has 1 aromatic rings. The van der Waals surface area contributed by atoms with Crippen LogP contribution >= 0.6 is 0 Å². The van der Waals surface area contributed by atoms with Gasteiger partial charge in [0.25, 0.3) is 0 Å². The molecule has 1 heterocycles. The number of carbonyl (C=O) groups excluding carboxylic acids is 2. The minimum absolute atomic E-state index is 0.0544. The smallest absolute Gasteiger partial charge is 0.237 e. The predicted molar refractivity (Wildman–Crippen MR) is 80.5 cm³/mol. The first-order chi connectivity index (χ1) is 10.2. The molecule has 21 heavy (non-hydrogen) atoms. The van der Waals surface area contributed by atoms with Crippen LogP contribution < -0.4 is 5.73 Å². The van der Waals surface area contributed by atoms with Gasteiger partial charge in [0.2, 0.25) is 11.8 Å². The average Bonchev–Trinajstić information content (AvgIpc) is 2.84. The van der Waals surface area contributed by atoms with Crippen LogP contribution in [0.15, 0.2) is 30.3 Å². The van der Waals surface area contributed by atoms with E-state index in [0.29, 0.717) is 6.54 Å². The van der Waals surface area contributed by atoms with E-state index in [-0.39, 0.29) is 24.2 Å². The topological polar surface area (TPSA) is 63.4 Å². The molecule has 4 heteroatoms. The lowest BCUT2D eigenvalue weighted by Crippen LogP contribution is -2.57. The summed E-state index contributed by atoms with van der Waals surface area (Å²) in [6, 6.07) is 9.60. The number of nitrogens with zero attached hydrogens (tertiary/aromatic N) is 1. The normalized spacial score (nSPS) is 25.4. The van der Waals surface area contributed by atoms with Crippen LogP contribution in [0.2, 0.25) is 0 Å². The molecule has 1 saturated heterocycles. The van der Waals surface area contributed by atoms with Gasteiger partial charge in [0.05, 0.1) is 11.5 Å². The van der Waals surface area contributed by atoms with Crippen molar-refractivity contribution < 1.29 is 9.59 Å². The van der Waals surface area contributed by atoms with Crippen molar-refractivity contribution in [2.45, 2.75) is 50.0 Å². The maximum atomic E-state index is 12.8. The number of imide groups is 1. The van der Waals surface area contributed by atoms with E-state index in [1.165, 1.54) is 11.3 Å². The highest BCUT2D eigenvalue weighted by Gasteiger charge is 2.50. The highest BCUT2D eigenvalue weighted by Crippen LogP contribution is 2.40. The Labute approximate surface area is 125 Å². The fourth-order valence-electron chi connectivity index (χ4n) is 3.80. The number of benzene rings is 1. The average molecular weight is 286 g/mol. The van der Waals surface area contributed by atoms with Crippen molar-refractivity contribution in [2.75, 3.05) is 6.54 Å². The molecule has 2 N–H and O–H groups in total. The van der Waals surface area contributed by atoms with Crippen molar-refractivity contribution in [2.24, 2.45) is 5.73 Å². The van der Waals surface area contributed by atoms with Crippen LogP contribution in [0.5, 0.6) is 0 Å². The van der Waals surface area contributed by atoms with Crippen LogP contribution in [0.4, 0.5) is 0 Å². The maximum Gasteiger partial charge on any atom is 0.237 e. The van der Waals surface area contributed by atoms with E-state index in [0.717, 1.165) is 31.2 Å². The zero-order chi connectivity index (χ0) is 14.9.